The second-order valence-corrected chi connectivity index (χ2v) is 6.81. The van der Waals surface area contributed by atoms with Gasteiger partial charge in [-0.2, -0.15) is 0 Å². The maximum absolute atomic E-state index is 6.05. The van der Waals surface area contributed by atoms with Crippen molar-refractivity contribution in [2.75, 3.05) is 6.54 Å². The third-order valence-corrected chi connectivity index (χ3v) is 4.63. The zero-order chi connectivity index (χ0) is 13.7. The Balaban J connectivity index is 1.76. The summed E-state index contributed by atoms with van der Waals surface area (Å²) in [7, 11) is 0. The van der Waals surface area contributed by atoms with Crippen LogP contribution in [0.1, 0.15) is 50.7 Å². The Kier molecular flexibility index (Phi) is 5.79. The molecule has 1 heterocycles. The van der Waals surface area contributed by atoms with Gasteiger partial charge in [0.25, 0.3) is 0 Å². The number of nitrogens with one attached hydrogen (secondary N) is 1. The first-order valence-electron chi connectivity index (χ1n) is 7.43. The second-order valence-electron chi connectivity index (χ2n) is 5.86. The van der Waals surface area contributed by atoms with Crippen LogP contribution < -0.4 is 5.32 Å². The van der Waals surface area contributed by atoms with Crippen LogP contribution in [0.15, 0.2) is 5.38 Å². The summed E-state index contributed by atoms with van der Waals surface area (Å²) in [5, 5.41) is 6.59. The summed E-state index contributed by atoms with van der Waals surface area (Å²) in [4.78, 5) is 4.60. The van der Waals surface area contributed by atoms with E-state index >= 15 is 0 Å². The fraction of sp³-hybridized carbons (Fsp3) is 0.800. The average molecular weight is 282 g/mol. The zero-order valence-electron chi connectivity index (χ0n) is 12.3. The normalized spacial score (nSPS) is 27.6. The first kappa shape index (κ1) is 14.9. The van der Waals surface area contributed by atoms with Gasteiger partial charge in [-0.15, -0.1) is 11.3 Å². The Bertz CT molecular complexity index is 370. The van der Waals surface area contributed by atoms with Crippen LogP contribution >= 0.6 is 11.3 Å². The highest BCUT2D eigenvalue weighted by Gasteiger charge is 2.24. The molecule has 1 aromatic heterocycles. The molecule has 1 N–H and O–H groups in total. The number of hydrogen-bond acceptors (Lipinski definition) is 4. The van der Waals surface area contributed by atoms with Gasteiger partial charge in [-0.25, -0.2) is 4.98 Å². The van der Waals surface area contributed by atoms with Crippen LogP contribution in [0.3, 0.4) is 0 Å². The molecular formula is C15H26N2OS. The van der Waals surface area contributed by atoms with Crippen LogP contribution in [-0.4, -0.2) is 17.6 Å². The predicted molar refractivity (Wildman–Crippen MR) is 80.3 cm³/mol. The molecule has 2 rings (SSSR count). The van der Waals surface area contributed by atoms with Crippen molar-refractivity contribution in [3.8, 4) is 0 Å². The molecule has 1 aliphatic rings. The van der Waals surface area contributed by atoms with Crippen molar-refractivity contribution in [2.45, 2.75) is 59.3 Å². The highest BCUT2D eigenvalue weighted by Crippen LogP contribution is 2.30. The summed E-state index contributed by atoms with van der Waals surface area (Å²) in [5.74, 6) is 1.60. The van der Waals surface area contributed by atoms with E-state index in [2.05, 4.69) is 36.5 Å². The van der Waals surface area contributed by atoms with Gasteiger partial charge in [0.1, 0.15) is 5.01 Å². The molecule has 2 unspecified atom stereocenters. The van der Waals surface area contributed by atoms with E-state index in [-0.39, 0.29) is 0 Å². The standard InChI is InChI=1S/C15H26N2OS/c1-4-16-8-15-17-13(10-19-15)9-18-14-6-11(2)5-12(3)7-14/h10-12,14,16H,4-9H2,1-3H3. The van der Waals surface area contributed by atoms with Crippen molar-refractivity contribution in [2.24, 2.45) is 11.8 Å². The monoisotopic (exact) mass is 282 g/mol. The maximum atomic E-state index is 6.05. The van der Waals surface area contributed by atoms with Crippen molar-refractivity contribution in [3.63, 3.8) is 0 Å². The summed E-state index contributed by atoms with van der Waals surface area (Å²) in [6.07, 6.45) is 4.19. The molecule has 1 aliphatic carbocycles. The minimum atomic E-state index is 0.428. The molecular weight excluding hydrogens is 256 g/mol. The number of nitrogens with zero attached hydrogens (tertiary/aromatic N) is 1. The Morgan fingerprint density at radius 2 is 2.05 bits per heavy atom. The van der Waals surface area contributed by atoms with Crippen LogP contribution in [-0.2, 0) is 17.9 Å². The molecule has 4 heteroatoms. The Morgan fingerprint density at radius 1 is 1.32 bits per heavy atom. The molecule has 3 nitrogen and oxygen atoms in total. The van der Waals surface area contributed by atoms with Gasteiger partial charge in [0.15, 0.2) is 0 Å². The molecule has 1 aromatic rings. The fourth-order valence-corrected chi connectivity index (χ4v) is 3.69. The number of ether oxygens (including phenoxy) is 1. The SMILES string of the molecule is CCNCc1nc(COC2CC(C)CC(C)C2)cs1. The van der Waals surface area contributed by atoms with Gasteiger partial charge >= 0.3 is 0 Å². The van der Waals surface area contributed by atoms with E-state index in [1.165, 1.54) is 19.3 Å². The largest absolute Gasteiger partial charge is 0.372 e. The van der Waals surface area contributed by atoms with Crippen molar-refractivity contribution in [3.05, 3.63) is 16.1 Å². The van der Waals surface area contributed by atoms with Crippen molar-refractivity contribution in [1.29, 1.82) is 0 Å². The highest BCUT2D eigenvalue weighted by atomic mass is 32.1. The molecule has 108 valence electrons. The first-order valence-corrected chi connectivity index (χ1v) is 8.31. The van der Waals surface area contributed by atoms with Gasteiger partial charge in [0, 0.05) is 11.9 Å². The molecule has 0 aromatic carbocycles. The lowest BCUT2D eigenvalue weighted by molar-refractivity contribution is -0.0103. The summed E-state index contributed by atoms with van der Waals surface area (Å²) in [5.41, 5.74) is 1.09. The molecule has 0 bridgehead atoms. The lowest BCUT2D eigenvalue weighted by Crippen LogP contribution is -2.26. The molecule has 1 saturated carbocycles. The average Bonchev–Trinajstić information content (AvgIpc) is 2.81. The first-order chi connectivity index (χ1) is 9.17. The van der Waals surface area contributed by atoms with Crippen LogP contribution in [0.25, 0.3) is 0 Å². The van der Waals surface area contributed by atoms with Gasteiger partial charge in [0.05, 0.1) is 18.4 Å². The lowest BCUT2D eigenvalue weighted by Gasteiger charge is -2.31. The smallest absolute Gasteiger partial charge is 0.107 e. The molecule has 0 saturated heterocycles. The summed E-state index contributed by atoms with van der Waals surface area (Å²) >= 11 is 1.72. The van der Waals surface area contributed by atoms with Gasteiger partial charge in [0.2, 0.25) is 0 Å². The summed E-state index contributed by atoms with van der Waals surface area (Å²) in [6.45, 7) is 9.32. The van der Waals surface area contributed by atoms with Crippen LogP contribution in [0, 0.1) is 11.8 Å². The number of rotatable bonds is 6. The molecule has 0 spiro atoms. The topological polar surface area (TPSA) is 34.2 Å². The van der Waals surface area contributed by atoms with Crippen molar-refractivity contribution in [1.82, 2.24) is 10.3 Å². The molecule has 1 fully saturated rings. The maximum Gasteiger partial charge on any atom is 0.107 e. The number of aromatic nitrogens is 1. The van der Waals surface area contributed by atoms with E-state index in [9.17, 15) is 0 Å². The number of hydrogen-bond donors (Lipinski definition) is 1. The van der Waals surface area contributed by atoms with Gasteiger partial charge < -0.3 is 10.1 Å². The summed E-state index contributed by atoms with van der Waals surface area (Å²) in [6, 6.07) is 0. The van der Waals surface area contributed by atoms with Gasteiger partial charge in [-0.1, -0.05) is 20.8 Å². The quantitative estimate of drug-likeness (QED) is 0.865. The molecule has 0 aliphatic heterocycles. The molecule has 2 atom stereocenters. The van der Waals surface area contributed by atoms with Crippen LogP contribution in [0.5, 0.6) is 0 Å². The molecule has 0 amide bonds. The van der Waals surface area contributed by atoms with Gasteiger partial charge in [-0.3, -0.25) is 0 Å². The Morgan fingerprint density at radius 3 is 2.74 bits per heavy atom. The zero-order valence-corrected chi connectivity index (χ0v) is 13.1. The minimum absolute atomic E-state index is 0.428. The van der Waals surface area contributed by atoms with Gasteiger partial charge in [-0.05, 0) is 37.6 Å². The second kappa shape index (κ2) is 7.36. The van der Waals surface area contributed by atoms with Crippen molar-refractivity contribution >= 4 is 11.3 Å². The Hall–Kier alpha value is -0.450. The number of thiazole rings is 1. The molecule has 19 heavy (non-hydrogen) atoms. The van der Waals surface area contributed by atoms with Crippen molar-refractivity contribution < 1.29 is 4.74 Å². The van der Waals surface area contributed by atoms with Crippen LogP contribution in [0.2, 0.25) is 0 Å². The highest BCUT2D eigenvalue weighted by molar-refractivity contribution is 7.09. The van der Waals surface area contributed by atoms with E-state index < -0.39 is 0 Å². The lowest BCUT2D eigenvalue weighted by atomic mass is 9.82. The van der Waals surface area contributed by atoms with E-state index in [1.807, 2.05) is 0 Å². The van der Waals surface area contributed by atoms with E-state index in [4.69, 9.17) is 4.74 Å². The van der Waals surface area contributed by atoms with E-state index in [0.717, 1.165) is 35.6 Å². The van der Waals surface area contributed by atoms with E-state index in [0.29, 0.717) is 12.7 Å². The third-order valence-electron chi connectivity index (χ3n) is 3.73. The minimum Gasteiger partial charge on any atom is -0.372 e. The van der Waals surface area contributed by atoms with E-state index in [1.54, 1.807) is 11.3 Å². The van der Waals surface area contributed by atoms with Crippen LogP contribution in [0.4, 0.5) is 0 Å². The summed E-state index contributed by atoms with van der Waals surface area (Å²) < 4.78 is 6.05. The molecule has 0 radical (unpaired) electrons. The fourth-order valence-electron chi connectivity index (χ4n) is 2.94. The predicted octanol–water partition coefficient (Wildman–Crippen LogP) is 3.59. The third kappa shape index (κ3) is 4.86. The Labute approximate surface area is 120 Å².